The molecule has 0 bridgehead atoms. The lowest BCUT2D eigenvalue weighted by Crippen LogP contribution is -2.49. The largest absolute Gasteiger partial charge is 0.466 e. The maximum Gasteiger partial charge on any atom is 0.336 e. The van der Waals surface area contributed by atoms with Gasteiger partial charge in [0.2, 0.25) is 0 Å². The molecule has 0 spiro atoms. The Balaban J connectivity index is 2.23. The predicted octanol–water partition coefficient (Wildman–Crippen LogP) is 4.69. The summed E-state index contributed by atoms with van der Waals surface area (Å²) in [7, 11) is 0. The van der Waals surface area contributed by atoms with E-state index in [0.717, 1.165) is 0 Å². The second kappa shape index (κ2) is 10.2. The molecule has 0 aliphatic heterocycles. The van der Waals surface area contributed by atoms with Crippen LogP contribution in [0.1, 0.15) is 38.7 Å². The van der Waals surface area contributed by atoms with E-state index in [0.29, 0.717) is 27.5 Å². The van der Waals surface area contributed by atoms with Crippen LogP contribution in [0.2, 0.25) is 5.02 Å². The van der Waals surface area contributed by atoms with Crippen molar-refractivity contribution < 1.29 is 24.2 Å². The number of aliphatic hydroxyl groups is 1. The van der Waals surface area contributed by atoms with Gasteiger partial charge in [0.1, 0.15) is 0 Å². The third-order valence-corrected chi connectivity index (χ3v) is 5.72. The van der Waals surface area contributed by atoms with Crippen molar-refractivity contribution in [2.45, 2.75) is 38.7 Å². The Morgan fingerprint density at radius 1 is 1.09 bits per heavy atom. The molecule has 0 fully saturated rings. The fraction of sp³-hybridized carbons (Fsp3) is 0.360. The van der Waals surface area contributed by atoms with Gasteiger partial charge in [-0.25, -0.2) is 4.79 Å². The number of carbonyl (C=O) groups excluding carboxylic acids is 2. The molecule has 1 aliphatic rings. The van der Waals surface area contributed by atoms with Crippen LogP contribution in [0.4, 0.5) is 5.69 Å². The molecule has 0 amide bonds. The summed E-state index contributed by atoms with van der Waals surface area (Å²) in [5.41, 5.74) is 0.655. The van der Waals surface area contributed by atoms with Crippen molar-refractivity contribution in [1.82, 2.24) is 0 Å². The van der Waals surface area contributed by atoms with Crippen LogP contribution in [-0.4, -0.2) is 35.9 Å². The van der Waals surface area contributed by atoms with Crippen molar-refractivity contribution in [3.63, 3.8) is 0 Å². The van der Waals surface area contributed by atoms with Gasteiger partial charge in [0.25, 0.3) is 0 Å². The van der Waals surface area contributed by atoms with Crippen molar-refractivity contribution in [1.29, 1.82) is 0 Å². The van der Waals surface area contributed by atoms with Crippen LogP contribution in [0.3, 0.4) is 0 Å². The second-order valence-corrected chi connectivity index (χ2v) is 8.34. The Bertz CT molecular complexity index is 1000. The number of ether oxygens (including phenoxy) is 2. The molecular weight excluding hydrogens is 430 g/mol. The fourth-order valence-electron chi connectivity index (χ4n) is 4.23. The molecule has 170 valence electrons. The Kier molecular flexibility index (Phi) is 7.59. The highest BCUT2D eigenvalue weighted by molar-refractivity contribution is 6.30. The summed E-state index contributed by atoms with van der Waals surface area (Å²) in [6.07, 6.45) is 0.0282. The summed E-state index contributed by atoms with van der Waals surface area (Å²) in [6, 6.07) is 16.2. The van der Waals surface area contributed by atoms with Crippen LogP contribution >= 0.6 is 11.6 Å². The van der Waals surface area contributed by atoms with Gasteiger partial charge in [0.05, 0.1) is 30.3 Å². The summed E-state index contributed by atoms with van der Waals surface area (Å²) in [5.74, 6) is -2.86. The monoisotopic (exact) mass is 457 g/mol. The minimum Gasteiger partial charge on any atom is -0.466 e. The smallest absolute Gasteiger partial charge is 0.336 e. The first kappa shape index (κ1) is 23.8. The maximum absolute atomic E-state index is 13.2. The normalized spacial score (nSPS) is 22.9. The topological polar surface area (TPSA) is 84.9 Å². The van der Waals surface area contributed by atoms with E-state index >= 15 is 0 Å². The van der Waals surface area contributed by atoms with E-state index in [2.05, 4.69) is 5.32 Å². The first-order valence-electron chi connectivity index (χ1n) is 10.6. The minimum absolute atomic E-state index is 0.0282. The Labute approximate surface area is 193 Å². The minimum atomic E-state index is -1.48. The number of benzene rings is 2. The van der Waals surface area contributed by atoms with Crippen LogP contribution in [0.15, 0.2) is 65.9 Å². The van der Waals surface area contributed by atoms with Crippen molar-refractivity contribution in [2.75, 3.05) is 18.5 Å². The molecule has 32 heavy (non-hydrogen) atoms. The van der Waals surface area contributed by atoms with Crippen molar-refractivity contribution in [3.8, 4) is 0 Å². The van der Waals surface area contributed by atoms with Crippen LogP contribution < -0.4 is 5.32 Å². The van der Waals surface area contributed by atoms with E-state index in [1.54, 1.807) is 39.0 Å². The number of nitrogens with one attached hydrogen (secondary N) is 1. The molecule has 0 aromatic heterocycles. The van der Waals surface area contributed by atoms with Gasteiger partial charge < -0.3 is 19.9 Å². The van der Waals surface area contributed by atoms with Crippen molar-refractivity contribution in [3.05, 3.63) is 76.5 Å². The van der Waals surface area contributed by atoms with Crippen LogP contribution in [0.25, 0.3) is 0 Å². The van der Waals surface area contributed by atoms with Gasteiger partial charge in [-0.05, 0) is 44.5 Å². The molecule has 0 saturated heterocycles. The zero-order chi connectivity index (χ0) is 23.3. The van der Waals surface area contributed by atoms with E-state index in [1.165, 1.54) is 0 Å². The van der Waals surface area contributed by atoms with Gasteiger partial charge in [-0.1, -0.05) is 48.0 Å². The van der Waals surface area contributed by atoms with Gasteiger partial charge in [0.15, 0.2) is 0 Å². The quantitative estimate of drug-likeness (QED) is 0.587. The Morgan fingerprint density at radius 2 is 1.78 bits per heavy atom. The average molecular weight is 458 g/mol. The van der Waals surface area contributed by atoms with Gasteiger partial charge in [-0.3, -0.25) is 4.79 Å². The molecule has 3 rings (SSSR count). The van der Waals surface area contributed by atoms with E-state index in [9.17, 15) is 14.7 Å². The maximum atomic E-state index is 13.2. The molecule has 2 aromatic carbocycles. The Morgan fingerprint density at radius 3 is 2.41 bits per heavy atom. The molecule has 3 unspecified atom stereocenters. The molecule has 6 nitrogen and oxygen atoms in total. The molecule has 0 heterocycles. The molecule has 3 atom stereocenters. The van der Waals surface area contributed by atoms with E-state index in [-0.39, 0.29) is 19.6 Å². The number of halogens is 1. The highest BCUT2D eigenvalue weighted by Gasteiger charge is 2.52. The SMILES string of the molecule is CCOC(=O)C1=C(Nc2cccc(Cl)c2)CC(C)(O)C(C(=O)OCC)C1c1ccccc1. The molecule has 0 saturated carbocycles. The molecule has 2 N–H and O–H groups in total. The summed E-state index contributed by atoms with van der Waals surface area (Å²) in [6.45, 7) is 5.36. The third-order valence-electron chi connectivity index (χ3n) is 5.49. The number of rotatable bonds is 7. The highest BCUT2D eigenvalue weighted by atomic mass is 35.5. The third kappa shape index (κ3) is 5.14. The van der Waals surface area contributed by atoms with Gasteiger partial charge >= 0.3 is 11.9 Å². The lowest BCUT2D eigenvalue weighted by molar-refractivity contribution is -0.159. The molecule has 0 radical (unpaired) electrons. The zero-order valence-corrected chi connectivity index (χ0v) is 19.2. The number of carbonyl (C=O) groups is 2. The van der Waals surface area contributed by atoms with E-state index in [4.69, 9.17) is 21.1 Å². The predicted molar refractivity (Wildman–Crippen MR) is 123 cm³/mol. The lowest BCUT2D eigenvalue weighted by atomic mass is 9.66. The van der Waals surface area contributed by atoms with E-state index in [1.807, 2.05) is 36.4 Å². The van der Waals surface area contributed by atoms with Crippen molar-refractivity contribution >= 4 is 29.2 Å². The average Bonchev–Trinajstić information content (AvgIpc) is 2.73. The first-order valence-corrected chi connectivity index (χ1v) is 11.0. The summed E-state index contributed by atoms with van der Waals surface area (Å²) in [4.78, 5) is 26.2. The number of anilines is 1. The lowest BCUT2D eigenvalue weighted by Gasteiger charge is -2.43. The zero-order valence-electron chi connectivity index (χ0n) is 18.4. The molecule has 7 heteroatoms. The number of hydrogen-bond acceptors (Lipinski definition) is 6. The number of hydrogen-bond donors (Lipinski definition) is 2. The first-order chi connectivity index (χ1) is 15.3. The summed E-state index contributed by atoms with van der Waals surface area (Å²) >= 11 is 6.13. The van der Waals surface area contributed by atoms with Crippen LogP contribution in [0, 0.1) is 5.92 Å². The van der Waals surface area contributed by atoms with Crippen LogP contribution in [0.5, 0.6) is 0 Å². The van der Waals surface area contributed by atoms with Gasteiger partial charge in [0, 0.05) is 28.7 Å². The Hall–Kier alpha value is -2.83. The van der Waals surface area contributed by atoms with Gasteiger partial charge in [-0.2, -0.15) is 0 Å². The molecule has 2 aromatic rings. The molecular formula is C25H28ClNO5. The highest BCUT2D eigenvalue weighted by Crippen LogP contribution is 2.48. The van der Waals surface area contributed by atoms with E-state index < -0.39 is 29.4 Å². The van der Waals surface area contributed by atoms with Crippen LogP contribution in [-0.2, 0) is 19.1 Å². The fourth-order valence-corrected chi connectivity index (χ4v) is 4.42. The standard InChI is InChI=1S/C25H28ClNO5/c1-4-31-23(28)21-19(27-18-13-9-12-17(26)14-18)15-25(3,30)22(24(29)32-5-2)20(21)16-10-7-6-8-11-16/h6-14,20,22,27,30H,4-5,15H2,1-3H3. The molecule has 1 aliphatic carbocycles. The summed E-state index contributed by atoms with van der Waals surface area (Å²) in [5, 5.41) is 15.2. The number of esters is 2. The summed E-state index contributed by atoms with van der Waals surface area (Å²) < 4.78 is 10.7. The second-order valence-electron chi connectivity index (χ2n) is 7.90. The van der Waals surface area contributed by atoms with Gasteiger partial charge in [-0.15, -0.1) is 0 Å². The van der Waals surface area contributed by atoms with Crippen molar-refractivity contribution in [2.24, 2.45) is 5.92 Å².